The maximum absolute atomic E-state index is 12.4. The first-order valence-corrected chi connectivity index (χ1v) is 9.29. The van der Waals surface area contributed by atoms with Gasteiger partial charge in [-0.25, -0.2) is 19.3 Å². The van der Waals surface area contributed by atoms with Gasteiger partial charge < -0.3 is 15.4 Å². The van der Waals surface area contributed by atoms with Gasteiger partial charge in [0, 0.05) is 20.3 Å². The van der Waals surface area contributed by atoms with Gasteiger partial charge in [-0.3, -0.25) is 10.1 Å². The third kappa shape index (κ3) is 6.83. The molecule has 1 aromatic heterocycles. The van der Waals surface area contributed by atoms with E-state index in [1.165, 1.54) is 26.2 Å². The van der Waals surface area contributed by atoms with Gasteiger partial charge in [0.25, 0.3) is 15.9 Å². The quantitative estimate of drug-likeness (QED) is 0.458. The fraction of sp³-hybridized carbons (Fsp3) is 0.400. The van der Waals surface area contributed by atoms with E-state index in [-0.39, 0.29) is 5.56 Å². The largest absolute Gasteiger partial charge is 0.442 e. The Morgan fingerprint density at radius 1 is 1.25 bits per heavy atom. The molecule has 0 aromatic carbocycles. The van der Waals surface area contributed by atoms with Crippen LogP contribution in [0.2, 0.25) is 0 Å². The van der Waals surface area contributed by atoms with Crippen LogP contribution in [-0.4, -0.2) is 62.0 Å². The molecule has 0 saturated heterocycles. The molecule has 28 heavy (non-hydrogen) atoms. The second-order valence-electron chi connectivity index (χ2n) is 6.59. The van der Waals surface area contributed by atoms with E-state index in [1.54, 1.807) is 25.5 Å². The van der Waals surface area contributed by atoms with Gasteiger partial charge in [0.2, 0.25) is 5.96 Å². The second kappa shape index (κ2) is 8.65. The lowest BCUT2D eigenvalue weighted by Gasteiger charge is -2.17. The summed E-state index contributed by atoms with van der Waals surface area (Å²) >= 11 is 0. The van der Waals surface area contributed by atoms with Crippen molar-refractivity contribution in [2.75, 3.05) is 14.1 Å². The van der Waals surface area contributed by atoms with Gasteiger partial charge in [-0.15, -0.1) is 4.99 Å². The van der Waals surface area contributed by atoms with E-state index >= 15 is 0 Å². The Bertz CT molecular complexity index is 904. The molecule has 0 spiro atoms. The normalized spacial score (nSPS) is 12.1. The Kier molecular flexibility index (Phi) is 7.05. The fourth-order valence-corrected chi connectivity index (χ4v) is 2.77. The highest BCUT2D eigenvalue weighted by atomic mass is 32.2. The highest BCUT2D eigenvalue weighted by Crippen LogP contribution is 2.13. The molecule has 13 heteroatoms. The fourth-order valence-electron chi connectivity index (χ4n) is 1.73. The van der Waals surface area contributed by atoms with Crippen LogP contribution in [0.5, 0.6) is 0 Å². The van der Waals surface area contributed by atoms with E-state index in [0.29, 0.717) is 0 Å². The molecule has 0 atom stereocenters. The molecule has 1 rings (SSSR count). The zero-order valence-electron chi connectivity index (χ0n) is 16.0. The number of rotatable bonds is 3. The number of ether oxygens (including phenoxy) is 1. The summed E-state index contributed by atoms with van der Waals surface area (Å²) in [6.45, 7) is 4.80. The van der Waals surface area contributed by atoms with Gasteiger partial charge >= 0.3 is 12.1 Å². The van der Waals surface area contributed by atoms with Crippen molar-refractivity contribution in [1.29, 1.82) is 0 Å². The Balaban J connectivity index is 2.95. The minimum absolute atomic E-state index is 0.233. The van der Waals surface area contributed by atoms with Crippen LogP contribution in [0.25, 0.3) is 0 Å². The minimum Gasteiger partial charge on any atom is -0.442 e. The van der Waals surface area contributed by atoms with E-state index < -0.39 is 44.6 Å². The third-order valence-electron chi connectivity index (χ3n) is 2.74. The molecule has 12 nitrogen and oxygen atoms in total. The summed E-state index contributed by atoms with van der Waals surface area (Å²) in [6, 6.07) is 1.32. The van der Waals surface area contributed by atoms with E-state index in [4.69, 9.17) is 10.5 Å². The van der Waals surface area contributed by atoms with Crippen LogP contribution >= 0.6 is 0 Å². The van der Waals surface area contributed by atoms with Crippen molar-refractivity contribution in [2.24, 2.45) is 10.7 Å². The van der Waals surface area contributed by atoms with Crippen molar-refractivity contribution < 1.29 is 27.5 Å². The maximum Gasteiger partial charge on any atom is 0.437 e. The number of aromatic nitrogens is 1. The number of guanidine groups is 1. The highest BCUT2D eigenvalue weighted by molar-refractivity contribution is 7.90. The van der Waals surface area contributed by atoms with Crippen molar-refractivity contribution in [2.45, 2.75) is 31.4 Å². The Labute approximate surface area is 162 Å². The number of urea groups is 1. The summed E-state index contributed by atoms with van der Waals surface area (Å²) in [7, 11) is -1.66. The number of hydrogen-bond acceptors (Lipinski definition) is 7. The molecule has 0 aliphatic heterocycles. The summed E-state index contributed by atoms with van der Waals surface area (Å²) in [4.78, 5) is 43.6. The number of nitrogens with two attached hydrogens (primary N) is 1. The SMILES string of the molecule is CN(C)C(=O)c1cccnc1S(=O)(=O)NC(=O)N/C(N)=N/C(=O)OC(C)(C)C. The van der Waals surface area contributed by atoms with Crippen LogP contribution in [0, 0.1) is 0 Å². The lowest BCUT2D eigenvalue weighted by Crippen LogP contribution is -2.46. The molecule has 1 aromatic rings. The number of carbonyl (C=O) groups excluding carboxylic acids is 3. The molecule has 4 N–H and O–H groups in total. The zero-order valence-corrected chi connectivity index (χ0v) is 16.8. The smallest absolute Gasteiger partial charge is 0.437 e. The summed E-state index contributed by atoms with van der Waals surface area (Å²) in [5.41, 5.74) is 4.31. The van der Waals surface area contributed by atoms with Gasteiger partial charge in [0.15, 0.2) is 5.03 Å². The third-order valence-corrected chi connectivity index (χ3v) is 4.02. The summed E-state index contributed by atoms with van der Waals surface area (Å²) < 4.78 is 31.3. The predicted molar refractivity (Wildman–Crippen MR) is 99.0 cm³/mol. The first kappa shape index (κ1) is 22.8. The number of aliphatic imine (C=N–C) groups is 1. The Morgan fingerprint density at radius 3 is 2.39 bits per heavy atom. The number of pyridine rings is 1. The van der Waals surface area contributed by atoms with Crippen molar-refractivity contribution in [3.8, 4) is 0 Å². The number of hydrogen-bond donors (Lipinski definition) is 3. The average Bonchev–Trinajstić information content (AvgIpc) is 2.51. The topological polar surface area (TPSA) is 173 Å². The molecule has 0 radical (unpaired) electrons. The van der Waals surface area contributed by atoms with Gasteiger partial charge in [-0.05, 0) is 32.9 Å². The van der Waals surface area contributed by atoms with Crippen LogP contribution in [-0.2, 0) is 14.8 Å². The van der Waals surface area contributed by atoms with Crippen LogP contribution in [0.1, 0.15) is 31.1 Å². The first-order chi connectivity index (χ1) is 12.7. The van der Waals surface area contributed by atoms with Crippen molar-refractivity contribution >= 4 is 34.0 Å². The molecule has 1 heterocycles. The zero-order chi connectivity index (χ0) is 21.7. The minimum atomic E-state index is -4.52. The molecule has 4 amide bonds. The van der Waals surface area contributed by atoms with Gasteiger partial charge in [-0.2, -0.15) is 8.42 Å². The summed E-state index contributed by atoms with van der Waals surface area (Å²) in [5, 5.41) is 1.22. The van der Waals surface area contributed by atoms with E-state index in [0.717, 1.165) is 11.1 Å². The van der Waals surface area contributed by atoms with Gasteiger partial charge in [0.1, 0.15) is 5.60 Å². The molecule has 0 aliphatic carbocycles. The molecule has 0 fully saturated rings. The van der Waals surface area contributed by atoms with E-state index in [9.17, 15) is 22.8 Å². The van der Waals surface area contributed by atoms with Crippen molar-refractivity contribution in [1.82, 2.24) is 19.9 Å². The molecule has 0 aliphatic rings. The monoisotopic (exact) mass is 414 g/mol. The lowest BCUT2D eigenvalue weighted by molar-refractivity contribution is 0.0603. The van der Waals surface area contributed by atoms with Crippen LogP contribution in [0.15, 0.2) is 28.3 Å². The van der Waals surface area contributed by atoms with Crippen molar-refractivity contribution in [3.63, 3.8) is 0 Å². The number of nitrogens with one attached hydrogen (secondary N) is 2. The molecule has 0 saturated carbocycles. The van der Waals surface area contributed by atoms with Gasteiger partial charge in [-0.1, -0.05) is 0 Å². The van der Waals surface area contributed by atoms with Crippen molar-refractivity contribution in [3.05, 3.63) is 23.9 Å². The first-order valence-electron chi connectivity index (χ1n) is 7.80. The van der Waals surface area contributed by atoms with Crippen LogP contribution in [0.4, 0.5) is 9.59 Å². The van der Waals surface area contributed by atoms with E-state index in [1.807, 2.05) is 5.32 Å². The average molecular weight is 414 g/mol. The second-order valence-corrected chi connectivity index (χ2v) is 8.19. The molecule has 0 bridgehead atoms. The highest BCUT2D eigenvalue weighted by Gasteiger charge is 2.27. The van der Waals surface area contributed by atoms with E-state index in [2.05, 4.69) is 9.98 Å². The van der Waals surface area contributed by atoms with Crippen LogP contribution in [0.3, 0.4) is 0 Å². The maximum atomic E-state index is 12.4. The molecular formula is C15H22N6O6S. The lowest BCUT2D eigenvalue weighted by atomic mass is 10.2. The Morgan fingerprint density at radius 2 is 1.86 bits per heavy atom. The number of sulfonamides is 1. The van der Waals surface area contributed by atoms with Gasteiger partial charge in [0.05, 0.1) is 5.56 Å². The molecular weight excluding hydrogens is 392 g/mol. The number of nitrogens with zero attached hydrogens (tertiary/aromatic N) is 3. The van der Waals surface area contributed by atoms with Crippen LogP contribution < -0.4 is 15.8 Å². The summed E-state index contributed by atoms with van der Waals surface area (Å²) in [6.07, 6.45) is 0.0776. The molecule has 0 unspecified atom stereocenters. The molecule has 154 valence electrons. The number of carbonyl (C=O) groups is 3. The number of amides is 4. The Hall–Kier alpha value is -3.22. The standard InChI is InChI=1S/C15H22N6O6S/c1-15(2,3)27-14(24)19-12(16)18-13(23)20-28(25,26)10-9(7-6-8-17-10)11(22)21(4)5/h6-8H,1-5H3,(H4,16,18,19,20,23,24). The predicted octanol–water partition coefficient (Wildman–Crippen LogP) is 0.0211. The summed E-state index contributed by atoms with van der Waals surface area (Å²) in [5.74, 6) is -1.31.